The van der Waals surface area contributed by atoms with Gasteiger partial charge in [0.05, 0.1) is 4.47 Å². The quantitative estimate of drug-likeness (QED) is 0.909. The Morgan fingerprint density at radius 2 is 2.25 bits per heavy atom. The van der Waals surface area contributed by atoms with Gasteiger partial charge in [-0.05, 0) is 49.9 Å². The van der Waals surface area contributed by atoms with Crippen molar-refractivity contribution in [3.05, 3.63) is 26.6 Å². The third kappa shape index (κ3) is 2.40. The van der Waals surface area contributed by atoms with E-state index in [4.69, 9.17) is 9.84 Å². The van der Waals surface area contributed by atoms with Crippen LogP contribution in [0.3, 0.4) is 0 Å². The van der Waals surface area contributed by atoms with E-state index in [1.54, 1.807) is 0 Å². The highest BCUT2D eigenvalue weighted by Gasteiger charge is 2.26. The summed E-state index contributed by atoms with van der Waals surface area (Å²) in [5.41, 5.74) is 1.13. The minimum absolute atomic E-state index is 0.0169. The van der Waals surface area contributed by atoms with E-state index in [0.29, 0.717) is 6.42 Å². The highest BCUT2D eigenvalue weighted by Crippen LogP contribution is 2.41. The van der Waals surface area contributed by atoms with Crippen LogP contribution in [0.1, 0.15) is 18.4 Å². The normalized spacial score (nSPS) is 18.0. The van der Waals surface area contributed by atoms with Crippen molar-refractivity contribution in [1.29, 1.82) is 0 Å². The molecule has 1 heterocycles. The zero-order valence-corrected chi connectivity index (χ0v) is 11.5. The first-order chi connectivity index (χ1) is 7.58. The van der Waals surface area contributed by atoms with E-state index in [2.05, 4.69) is 31.9 Å². The standard InChI is InChI=1S/C11H10Br2O3/c12-8-3-1-6-5-7(2-4-9(14)15)16-11(6)10(8)13/h1,3,7H,2,4-5H2,(H,14,15). The zero-order valence-electron chi connectivity index (χ0n) is 8.37. The van der Waals surface area contributed by atoms with Gasteiger partial charge in [-0.3, -0.25) is 4.79 Å². The second-order valence-corrected chi connectivity index (χ2v) is 5.37. The van der Waals surface area contributed by atoms with Crippen molar-refractivity contribution >= 4 is 37.8 Å². The smallest absolute Gasteiger partial charge is 0.303 e. The average molecular weight is 350 g/mol. The second kappa shape index (κ2) is 4.75. The fourth-order valence-corrected chi connectivity index (χ4v) is 2.55. The predicted octanol–water partition coefficient (Wildman–Crippen LogP) is 3.38. The Morgan fingerprint density at radius 3 is 2.94 bits per heavy atom. The summed E-state index contributed by atoms with van der Waals surface area (Å²) in [6.07, 6.45) is 1.47. The Bertz CT molecular complexity index is 431. The molecule has 1 unspecified atom stereocenters. The molecule has 1 aliphatic heterocycles. The number of aliphatic carboxylic acids is 1. The molecule has 0 saturated heterocycles. The van der Waals surface area contributed by atoms with Crippen molar-refractivity contribution in [2.45, 2.75) is 25.4 Å². The van der Waals surface area contributed by atoms with Crippen LogP contribution in [-0.4, -0.2) is 17.2 Å². The zero-order chi connectivity index (χ0) is 11.7. The van der Waals surface area contributed by atoms with Crippen LogP contribution in [0.25, 0.3) is 0 Å². The molecule has 1 aromatic rings. The number of carboxylic acid groups (broad SMARTS) is 1. The van der Waals surface area contributed by atoms with Crippen molar-refractivity contribution in [1.82, 2.24) is 0 Å². The maximum absolute atomic E-state index is 10.5. The molecule has 0 amide bonds. The number of hydrogen-bond donors (Lipinski definition) is 1. The van der Waals surface area contributed by atoms with Gasteiger partial charge in [0, 0.05) is 17.3 Å². The molecule has 1 aliphatic rings. The fraction of sp³-hybridized carbons (Fsp3) is 0.364. The maximum Gasteiger partial charge on any atom is 0.303 e. The Balaban J connectivity index is 2.09. The van der Waals surface area contributed by atoms with E-state index in [-0.39, 0.29) is 12.5 Å². The van der Waals surface area contributed by atoms with Crippen LogP contribution < -0.4 is 4.74 Å². The number of fused-ring (bicyclic) bond motifs is 1. The number of carbonyl (C=O) groups is 1. The second-order valence-electron chi connectivity index (χ2n) is 3.73. The summed E-state index contributed by atoms with van der Waals surface area (Å²) in [7, 11) is 0. The maximum atomic E-state index is 10.5. The summed E-state index contributed by atoms with van der Waals surface area (Å²) < 4.78 is 7.58. The molecule has 1 atom stereocenters. The number of rotatable bonds is 3. The van der Waals surface area contributed by atoms with Crippen LogP contribution >= 0.6 is 31.9 Å². The lowest BCUT2D eigenvalue weighted by Crippen LogP contribution is -2.14. The van der Waals surface area contributed by atoms with Gasteiger partial charge in [-0.25, -0.2) is 0 Å². The van der Waals surface area contributed by atoms with E-state index in [9.17, 15) is 4.79 Å². The van der Waals surface area contributed by atoms with Gasteiger partial charge in [-0.2, -0.15) is 0 Å². The molecule has 16 heavy (non-hydrogen) atoms. The summed E-state index contributed by atoms with van der Waals surface area (Å²) >= 11 is 6.86. The summed E-state index contributed by atoms with van der Waals surface area (Å²) in [6, 6.07) is 3.97. The number of hydrogen-bond acceptors (Lipinski definition) is 2. The molecule has 86 valence electrons. The SMILES string of the molecule is O=C(O)CCC1Cc2ccc(Br)c(Br)c2O1. The molecule has 0 radical (unpaired) electrons. The summed E-state index contributed by atoms with van der Waals surface area (Å²) in [6.45, 7) is 0. The van der Waals surface area contributed by atoms with Crippen LogP contribution in [0.2, 0.25) is 0 Å². The molecular formula is C11H10Br2O3. The first kappa shape index (κ1) is 11.9. The van der Waals surface area contributed by atoms with Gasteiger partial charge in [-0.1, -0.05) is 6.07 Å². The van der Waals surface area contributed by atoms with E-state index in [1.807, 2.05) is 12.1 Å². The van der Waals surface area contributed by atoms with E-state index >= 15 is 0 Å². The van der Waals surface area contributed by atoms with Crippen molar-refractivity contribution in [2.24, 2.45) is 0 Å². The topological polar surface area (TPSA) is 46.5 Å². The largest absolute Gasteiger partial charge is 0.489 e. The first-order valence-corrected chi connectivity index (χ1v) is 6.52. The lowest BCUT2D eigenvalue weighted by molar-refractivity contribution is -0.137. The van der Waals surface area contributed by atoms with Crippen LogP contribution in [-0.2, 0) is 11.2 Å². The fourth-order valence-electron chi connectivity index (χ4n) is 1.76. The number of benzene rings is 1. The molecule has 1 N–H and O–H groups in total. The van der Waals surface area contributed by atoms with Crippen molar-refractivity contribution in [2.75, 3.05) is 0 Å². The molecule has 5 heteroatoms. The molecule has 0 bridgehead atoms. The summed E-state index contributed by atoms with van der Waals surface area (Å²) in [5.74, 6) is 0.0598. The molecule has 0 spiro atoms. The van der Waals surface area contributed by atoms with E-state index in [0.717, 1.165) is 26.7 Å². The monoisotopic (exact) mass is 348 g/mol. The Morgan fingerprint density at radius 1 is 1.50 bits per heavy atom. The minimum Gasteiger partial charge on any atom is -0.489 e. The Hall–Kier alpha value is -0.550. The predicted molar refractivity (Wildman–Crippen MR) is 66.8 cm³/mol. The molecule has 3 nitrogen and oxygen atoms in total. The van der Waals surface area contributed by atoms with Gasteiger partial charge >= 0.3 is 5.97 Å². The van der Waals surface area contributed by atoms with Gasteiger partial charge in [0.2, 0.25) is 0 Å². The third-order valence-corrected chi connectivity index (χ3v) is 4.52. The van der Waals surface area contributed by atoms with Gasteiger partial charge in [0.1, 0.15) is 11.9 Å². The average Bonchev–Trinajstić information content (AvgIpc) is 2.64. The lowest BCUT2D eigenvalue weighted by Gasteiger charge is -2.09. The van der Waals surface area contributed by atoms with Gasteiger partial charge in [0.25, 0.3) is 0 Å². The number of ether oxygens (including phenoxy) is 1. The highest BCUT2D eigenvalue weighted by atomic mass is 79.9. The van der Waals surface area contributed by atoms with Crippen LogP contribution in [0, 0.1) is 0 Å². The first-order valence-electron chi connectivity index (χ1n) is 4.93. The van der Waals surface area contributed by atoms with Crippen LogP contribution in [0.4, 0.5) is 0 Å². The summed E-state index contributed by atoms with van der Waals surface area (Å²) in [4.78, 5) is 10.5. The minimum atomic E-state index is -0.778. The van der Waals surface area contributed by atoms with E-state index < -0.39 is 5.97 Å². The molecule has 0 saturated carbocycles. The Kier molecular flexibility index (Phi) is 3.54. The summed E-state index contributed by atoms with van der Waals surface area (Å²) in [5, 5.41) is 8.62. The van der Waals surface area contributed by atoms with Crippen molar-refractivity contribution in [3.8, 4) is 5.75 Å². The number of halogens is 2. The Labute approximate surface area is 110 Å². The molecular weight excluding hydrogens is 340 g/mol. The van der Waals surface area contributed by atoms with Crippen molar-refractivity contribution < 1.29 is 14.6 Å². The third-order valence-electron chi connectivity index (χ3n) is 2.54. The van der Waals surface area contributed by atoms with Crippen LogP contribution in [0.5, 0.6) is 5.75 Å². The molecule has 2 rings (SSSR count). The van der Waals surface area contributed by atoms with Gasteiger partial charge in [-0.15, -0.1) is 0 Å². The molecule has 0 aliphatic carbocycles. The lowest BCUT2D eigenvalue weighted by atomic mass is 10.1. The molecule has 0 aromatic heterocycles. The van der Waals surface area contributed by atoms with E-state index in [1.165, 1.54) is 0 Å². The highest BCUT2D eigenvalue weighted by molar-refractivity contribution is 9.13. The van der Waals surface area contributed by atoms with Crippen molar-refractivity contribution in [3.63, 3.8) is 0 Å². The number of carboxylic acids is 1. The molecule has 1 aromatic carbocycles. The van der Waals surface area contributed by atoms with Gasteiger partial charge < -0.3 is 9.84 Å². The van der Waals surface area contributed by atoms with Crippen LogP contribution in [0.15, 0.2) is 21.1 Å². The molecule has 0 fully saturated rings. The van der Waals surface area contributed by atoms with Gasteiger partial charge in [0.15, 0.2) is 0 Å².